The molecule has 0 fully saturated rings. The number of anilines is 1. The Morgan fingerprint density at radius 2 is 1.61 bits per heavy atom. The van der Waals surface area contributed by atoms with Crippen LogP contribution in [-0.2, 0) is 4.79 Å². The summed E-state index contributed by atoms with van der Waals surface area (Å²) >= 11 is 1.28. The fourth-order valence-electron chi connectivity index (χ4n) is 3.78. The third-order valence-electron chi connectivity index (χ3n) is 5.49. The minimum Gasteiger partial charge on any atom is -0.494 e. The molecule has 7 N–H and O–H groups in total. The predicted molar refractivity (Wildman–Crippen MR) is 153 cm³/mol. The van der Waals surface area contributed by atoms with Gasteiger partial charge in [-0.1, -0.05) is 0 Å². The van der Waals surface area contributed by atoms with Crippen LogP contribution in [0.15, 0.2) is 35.5 Å². The maximum absolute atomic E-state index is 12.6. The topological polar surface area (TPSA) is 169 Å². The molecule has 1 aromatic heterocycles. The van der Waals surface area contributed by atoms with E-state index < -0.39 is 0 Å². The summed E-state index contributed by atoms with van der Waals surface area (Å²) in [4.78, 5) is 17.7. The second kappa shape index (κ2) is 14.3. The molecule has 0 atom stereocenters. The van der Waals surface area contributed by atoms with Crippen molar-refractivity contribution >= 4 is 47.2 Å². The lowest BCUT2D eigenvalue weighted by Gasteiger charge is -2.16. The van der Waals surface area contributed by atoms with Crippen LogP contribution in [-0.4, -0.2) is 51.2 Å². The van der Waals surface area contributed by atoms with Gasteiger partial charge >= 0.3 is 0 Å². The minimum absolute atomic E-state index is 0. The molecular formula is C25H33ClN6O5S. The van der Waals surface area contributed by atoms with Gasteiger partial charge < -0.3 is 41.5 Å². The SMILES string of the molecule is COc1cc(N=C(N)N)c(-c2cnsc2-c2cc(OC)c(OC)c(OC)c2)cc1NC(=O)CCCCN.Cl. The number of nitrogens with one attached hydrogen (secondary N) is 1. The maximum atomic E-state index is 12.6. The van der Waals surface area contributed by atoms with Crippen LogP contribution in [0.1, 0.15) is 19.3 Å². The number of amides is 1. The van der Waals surface area contributed by atoms with E-state index >= 15 is 0 Å². The van der Waals surface area contributed by atoms with Crippen LogP contribution in [0.3, 0.4) is 0 Å². The molecule has 0 saturated carbocycles. The van der Waals surface area contributed by atoms with Crippen LogP contribution >= 0.6 is 23.9 Å². The number of carbonyl (C=O) groups is 1. The second-order valence-electron chi connectivity index (χ2n) is 7.88. The monoisotopic (exact) mass is 564 g/mol. The van der Waals surface area contributed by atoms with Crippen molar-refractivity contribution in [3.05, 3.63) is 30.5 Å². The molecule has 0 unspecified atom stereocenters. The van der Waals surface area contributed by atoms with E-state index in [2.05, 4.69) is 14.7 Å². The molecule has 0 radical (unpaired) electrons. The fraction of sp³-hybridized carbons (Fsp3) is 0.320. The Morgan fingerprint density at radius 3 is 2.16 bits per heavy atom. The minimum atomic E-state index is -0.152. The molecule has 1 amide bonds. The smallest absolute Gasteiger partial charge is 0.224 e. The van der Waals surface area contributed by atoms with Crippen LogP contribution in [0.2, 0.25) is 0 Å². The molecule has 0 aliphatic heterocycles. The number of methoxy groups -OCH3 is 4. The first-order valence-corrected chi connectivity index (χ1v) is 12.2. The number of hydrogen-bond acceptors (Lipinski definition) is 9. The van der Waals surface area contributed by atoms with E-state index in [1.165, 1.54) is 18.6 Å². The maximum Gasteiger partial charge on any atom is 0.224 e. The number of halogens is 1. The van der Waals surface area contributed by atoms with Crippen LogP contribution < -0.4 is 41.5 Å². The van der Waals surface area contributed by atoms with Gasteiger partial charge in [-0.15, -0.1) is 12.4 Å². The van der Waals surface area contributed by atoms with Crippen LogP contribution in [0, 0.1) is 0 Å². The molecule has 2 aromatic carbocycles. The van der Waals surface area contributed by atoms with Gasteiger partial charge in [-0.2, -0.15) is 4.37 Å². The number of guanidine groups is 1. The van der Waals surface area contributed by atoms with Gasteiger partial charge in [0.1, 0.15) is 5.75 Å². The lowest BCUT2D eigenvalue weighted by molar-refractivity contribution is -0.116. The summed E-state index contributed by atoms with van der Waals surface area (Å²) in [5.74, 6) is 1.61. The summed E-state index contributed by atoms with van der Waals surface area (Å²) in [5, 5.41) is 2.92. The van der Waals surface area contributed by atoms with E-state index in [1.54, 1.807) is 39.7 Å². The molecule has 11 nitrogen and oxygen atoms in total. The van der Waals surface area contributed by atoms with E-state index in [0.717, 1.165) is 22.4 Å². The van der Waals surface area contributed by atoms with Crippen LogP contribution in [0.4, 0.5) is 11.4 Å². The molecule has 206 valence electrons. The molecule has 0 spiro atoms. The Morgan fingerprint density at radius 1 is 0.947 bits per heavy atom. The molecule has 3 rings (SSSR count). The van der Waals surface area contributed by atoms with Crippen LogP contribution in [0.25, 0.3) is 21.6 Å². The number of nitrogens with two attached hydrogens (primary N) is 3. The Kier molecular flexibility index (Phi) is 11.4. The van der Waals surface area contributed by atoms with Gasteiger partial charge in [-0.25, -0.2) is 4.99 Å². The van der Waals surface area contributed by atoms with E-state index in [-0.39, 0.29) is 24.3 Å². The highest BCUT2D eigenvalue weighted by Gasteiger charge is 2.21. The molecule has 38 heavy (non-hydrogen) atoms. The lowest BCUT2D eigenvalue weighted by atomic mass is 10.00. The third kappa shape index (κ3) is 6.97. The average molecular weight is 565 g/mol. The first-order valence-electron chi connectivity index (χ1n) is 11.4. The summed E-state index contributed by atoms with van der Waals surface area (Å²) in [6.45, 7) is 0.531. The number of unbranched alkanes of at least 4 members (excludes halogenated alkanes) is 1. The van der Waals surface area contributed by atoms with Gasteiger partial charge in [0.25, 0.3) is 0 Å². The Hall–Kier alpha value is -3.74. The average Bonchev–Trinajstić information content (AvgIpc) is 3.37. The van der Waals surface area contributed by atoms with Crippen molar-refractivity contribution in [1.29, 1.82) is 0 Å². The largest absolute Gasteiger partial charge is 0.494 e. The highest BCUT2D eigenvalue weighted by molar-refractivity contribution is 7.10. The molecule has 0 aliphatic rings. The number of benzene rings is 2. The Labute approximate surface area is 231 Å². The van der Waals surface area contributed by atoms with Gasteiger partial charge in [0.05, 0.1) is 44.7 Å². The summed E-state index contributed by atoms with van der Waals surface area (Å²) < 4.78 is 26.4. The van der Waals surface area contributed by atoms with Crippen molar-refractivity contribution in [2.24, 2.45) is 22.2 Å². The molecule has 0 aliphatic carbocycles. The van der Waals surface area contributed by atoms with E-state index in [1.807, 2.05) is 12.1 Å². The van der Waals surface area contributed by atoms with Crippen molar-refractivity contribution < 1.29 is 23.7 Å². The molecule has 3 aromatic rings. The van der Waals surface area contributed by atoms with E-state index in [9.17, 15) is 4.79 Å². The molecule has 13 heteroatoms. The molecule has 0 bridgehead atoms. The van der Waals surface area contributed by atoms with Gasteiger partial charge in [0.15, 0.2) is 17.5 Å². The Bertz CT molecular complexity index is 1250. The van der Waals surface area contributed by atoms with Crippen LogP contribution in [0.5, 0.6) is 23.0 Å². The van der Waals surface area contributed by atoms with Crippen molar-refractivity contribution in [3.63, 3.8) is 0 Å². The zero-order valence-electron chi connectivity index (χ0n) is 21.7. The third-order valence-corrected chi connectivity index (χ3v) is 6.34. The summed E-state index contributed by atoms with van der Waals surface area (Å²) in [6.07, 6.45) is 3.49. The zero-order chi connectivity index (χ0) is 26.9. The van der Waals surface area contributed by atoms with Crippen molar-refractivity contribution in [3.8, 4) is 44.6 Å². The number of ether oxygens (including phenoxy) is 4. The van der Waals surface area contributed by atoms with Crippen molar-refractivity contribution in [2.75, 3.05) is 40.3 Å². The van der Waals surface area contributed by atoms with Gasteiger partial charge in [-0.3, -0.25) is 4.79 Å². The Balaban J connectivity index is 0.00000507. The second-order valence-corrected chi connectivity index (χ2v) is 8.68. The highest BCUT2D eigenvalue weighted by atomic mass is 35.5. The van der Waals surface area contributed by atoms with Crippen molar-refractivity contribution in [2.45, 2.75) is 19.3 Å². The fourth-order valence-corrected chi connectivity index (χ4v) is 4.53. The lowest BCUT2D eigenvalue weighted by Crippen LogP contribution is -2.22. The normalized spacial score (nSPS) is 10.2. The summed E-state index contributed by atoms with van der Waals surface area (Å²) in [5.41, 5.74) is 20.1. The van der Waals surface area contributed by atoms with E-state index in [4.69, 9.17) is 36.1 Å². The number of aromatic nitrogens is 1. The number of nitrogens with zero attached hydrogens (tertiary/aromatic N) is 2. The number of aliphatic imine (C=N–C) groups is 1. The number of carbonyl (C=O) groups excluding carboxylic acids is 1. The molecular weight excluding hydrogens is 532 g/mol. The van der Waals surface area contributed by atoms with Gasteiger partial charge in [0, 0.05) is 35.4 Å². The molecule has 1 heterocycles. The first-order chi connectivity index (χ1) is 17.9. The first kappa shape index (κ1) is 30.5. The summed E-state index contributed by atoms with van der Waals surface area (Å²) in [7, 11) is 6.16. The van der Waals surface area contributed by atoms with Gasteiger partial charge in [0.2, 0.25) is 11.7 Å². The number of hydrogen-bond donors (Lipinski definition) is 4. The molecule has 0 saturated heterocycles. The standard InChI is InChI=1S/C25H32N6O5S.ClH/c1-33-19-12-17(31-25(27)28)15(11-18(19)30-22(32)7-5-6-8-26)16-13-29-37-24(16)14-9-20(34-2)23(36-4)21(10-14)35-3;/h9-13H,5-8,26H2,1-4H3,(H,30,32)(H4,27,28,31);1H. The van der Waals surface area contributed by atoms with Crippen molar-refractivity contribution in [1.82, 2.24) is 4.37 Å². The quantitative estimate of drug-likeness (QED) is 0.145. The predicted octanol–water partition coefficient (Wildman–Crippen LogP) is 3.91. The van der Waals surface area contributed by atoms with Gasteiger partial charge in [-0.05, 0) is 49.1 Å². The highest BCUT2D eigenvalue weighted by Crippen LogP contribution is 2.47. The zero-order valence-corrected chi connectivity index (χ0v) is 23.3. The van der Waals surface area contributed by atoms with E-state index in [0.29, 0.717) is 59.3 Å². The summed E-state index contributed by atoms with van der Waals surface area (Å²) in [6, 6.07) is 7.11. The number of rotatable bonds is 12.